The maximum absolute atomic E-state index is 13.1. The van der Waals surface area contributed by atoms with Gasteiger partial charge in [0.05, 0.1) is 11.4 Å². The van der Waals surface area contributed by atoms with Crippen molar-refractivity contribution in [2.45, 2.75) is 56.9 Å². The van der Waals surface area contributed by atoms with E-state index in [0.717, 1.165) is 30.0 Å². The number of hydrogen-bond donors (Lipinski definition) is 2. The van der Waals surface area contributed by atoms with E-state index in [-0.39, 0.29) is 11.8 Å². The number of nitrogens with one attached hydrogen (secondary N) is 1. The molecule has 1 aromatic carbocycles. The summed E-state index contributed by atoms with van der Waals surface area (Å²) in [6, 6.07) is 12.4. The Balaban J connectivity index is 1.38. The maximum atomic E-state index is 13.1. The molecule has 2 bridgehead atoms. The third kappa shape index (κ3) is 3.29. The van der Waals surface area contributed by atoms with Gasteiger partial charge in [-0.25, -0.2) is 4.68 Å². The highest BCUT2D eigenvalue weighted by atomic mass is 16.2. The second-order valence-corrected chi connectivity index (χ2v) is 8.66. The highest BCUT2D eigenvalue weighted by molar-refractivity contribution is 5.92. The van der Waals surface area contributed by atoms with Crippen LogP contribution in [0.3, 0.4) is 0 Å². The zero-order valence-electron chi connectivity index (χ0n) is 15.7. The average Bonchev–Trinajstić information content (AvgIpc) is 3.43. The smallest absolute Gasteiger partial charge is 0.228 e. The van der Waals surface area contributed by atoms with Crippen molar-refractivity contribution in [1.29, 1.82) is 0 Å². The van der Waals surface area contributed by atoms with Gasteiger partial charge in [-0.15, -0.1) is 0 Å². The van der Waals surface area contributed by atoms with E-state index >= 15 is 0 Å². The first kappa shape index (κ1) is 17.0. The van der Waals surface area contributed by atoms with E-state index in [1.165, 1.54) is 32.1 Å². The Hall–Kier alpha value is -2.14. The lowest BCUT2D eigenvalue weighted by Gasteiger charge is -2.43. The number of carbonyl (C=O) groups is 1. The molecule has 3 saturated carbocycles. The van der Waals surface area contributed by atoms with Gasteiger partial charge >= 0.3 is 0 Å². The molecular weight excluding hydrogens is 336 g/mol. The summed E-state index contributed by atoms with van der Waals surface area (Å²) in [7, 11) is 0. The van der Waals surface area contributed by atoms with Crippen molar-refractivity contribution in [3.8, 4) is 5.69 Å². The largest absolute Gasteiger partial charge is 0.327 e. The predicted molar refractivity (Wildman–Crippen MR) is 106 cm³/mol. The van der Waals surface area contributed by atoms with Crippen LogP contribution < -0.4 is 11.1 Å². The summed E-state index contributed by atoms with van der Waals surface area (Å²) in [6.07, 6.45) is 7.87. The Morgan fingerprint density at radius 1 is 1.07 bits per heavy atom. The number of nitrogens with zero attached hydrogens (tertiary/aromatic N) is 2. The standard InChI is InChI=1S/C22H28N4O/c23-21-15-5-4-6-16(21)12-17(11-15)22(27)24-20-13-19(14-9-10-14)25-26(20)18-7-2-1-3-8-18/h1-3,7-8,13-17,21H,4-6,9-12,23H2,(H,24,27). The number of benzene rings is 1. The van der Waals surface area contributed by atoms with Crippen molar-refractivity contribution in [3.63, 3.8) is 0 Å². The van der Waals surface area contributed by atoms with Gasteiger partial charge in [-0.3, -0.25) is 4.79 Å². The number of anilines is 1. The fourth-order valence-electron chi connectivity index (χ4n) is 5.06. The topological polar surface area (TPSA) is 72.9 Å². The molecule has 0 radical (unpaired) electrons. The molecule has 5 rings (SSSR count). The lowest BCUT2D eigenvalue weighted by Crippen LogP contribution is -2.48. The Morgan fingerprint density at radius 3 is 2.44 bits per heavy atom. The van der Waals surface area contributed by atoms with E-state index < -0.39 is 0 Å². The summed E-state index contributed by atoms with van der Waals surface area (Å²) >= 11 is 0. The van der Waals surface area contributed by atoms with Gasteiger partial charge in [0.25, 0.3) is 0 Å². The maximum Gasteiger partial charge on any atom is 0.228 e. The number of amides is 1. The molecule has 2 aromatic rings. The highest BCUT2D eigenvalue weighted by Gasteiger charge is 2.40. The van der Waals surface area contributed by atoms with Gasteiger partial charge in [0.1, 0.15) is 5.82 Å². The molecule has 0 aliphatic heterocycles. The van der Waals surface area contributed by atoms with Crippen molar-refractivity contribution in [2.75, 3.05) is 5.32 Å². The van der Waals surface area contributed by atoms with Crippen molar-refractivity contribution < 1.29 is 4.79 Å². The Morgan fingerprint density at radius 2 is 1.78 bits per heavy atom. The SMILES string of the molecule is NC1C2CCCC1CC(C(=O)Nc1cc(C3CC3)nn1-c1ccccc1)C2. The minimum atomic E-state index is 0.0728. The zero-order valence-corrected chi connectivity index (χ0v) is 15.7. The molecule has 3 N–H and O–H groups in total. The number of para-hydroxylation sites is 1. The number of nitrogens with two attached hydrogens (primary N) is 1. The van der Waals surface area contributed by atoms with E-state index in [4.69, 9.17) is 10.8 Å². The number of aromatic nitrogens is 2. The quantitative estimate of drug-likeness (QED) is 0.866. The molecule has 2 unspecified atom stereocenters. The molecule has 27 heavy (non-hydrogen) atoms. The molecule has 1 heterocycles. The first-order valence-corrected chi connectivity index (χ1v) is 10.4. The summed E-state index contributed by atoms with van der Waals surface area (Å²) in [5.74, 6) is 2.58. The minimum absolute atomic E-state index is 0.0728. The van der Waals surface area contributed by atoms with E-state index in [0.29, 0.717) is 23.8 Å². The summed E-state index contributed by atoms with van der Waals surface area (Å²) in [6.45, 7) is 0. The van der Waals surface area contributed by atoms with E-state index in [2.05, 4.69) is 11.4 Å². The van der Waals surface area contributed by atoms with Crippen molar-refractivity contribution >= 4 is 11.7 Å². The van der Waals surface area contributed by atoms with Gasteiger partial charge in [0.2, 0.25) is 5.91 Å². The number of carbonyl (C=O) groups excluding carboxylic acids is 1. The Bertz CT molecular complexity index is 812. The van der Waals surface area contributed by atoms with Crippen molar-refractivity contribution in [1.82, 2.24) is 9.78 Å². The van der Waals surface area contributed by atoms with E-state index in [1.807, 2.05) is 35.0 Å². The molecule has 3 fully saturated rings. The van der Waals surface area contributed by atoms with Gasteiger partial charge in [-0.2, -0.15) is 5.10 Å². The molecule has 3 aliphatic carbocycles. The zero-order chi connectivity index (χ0) is 18.4. The van der Waals surface area contributed by atoms with Gasteiger partial charge in [-0.1, -0.05) is 24.6 Å². The third-order valence-corrected chi connectivity index (χ3v) is 6.76. The normalized spacial score (nSPS) is 30.1. The summed E-state index contributed by atoms with van der Waals surface area (Å²) < 4.78 is 1.89. The number of hydrogen-bond acceptors (Lipinski definition) is 3. The Kier molecular flexibility index (Phi) is 4.27. The molecule has 0 saturated heterocycles. The molecule has 5 nitrogen and oxygen atoms in total. The highest BCUT2D eigenvalue weighted by Crippen LogP contribution is 2.43. The minimum Gasteiger partial charge on any atom is -0.327 e. The van der Waals surface area contributed by atoms with E-state index in [9.17, 15) is 4.79 Å². The lowest BCUT2D eigenvalue weighted by molar-refractivity contribution is -0.122. The molecule has 142 valence electrons. The number of rotatable bonds is 4. The van der Waals surface area contributed by atoms with E-state index in [1.54, 1.807) is 0 Å². The van der Waals surface area contributed by atoms with Crippen LogP contribution in [0.1, 0.15) is 56.6 Å². The van der Waals surface area contributed by atoms with Crippen molar-refractivity contribution in [2.24, 2.45) is 23.5 Å². The third-order valence-electron chi connectivity index (χ3n) is 6.76. The summed E-state index contributed by atoms with van der Waals surface area (Å²) in [5, 5.41) is 8.00. The number of fused-ring (bicyclic) bond motifs is 2. The van der Waals surface area contributed by atoms with Crippen LogP contribution in [0.15, 0.2) is 36.4 Å². The molecular formula is C22H28N4O. The Labute approximate surface area is 160 Å². The van der Waals surface area contributed by atoms with Crippen molar-refractivity contribution in [3.05, 3.63) is 42.1 Å². The van der Waals surface area contributed by atoms with Crippen LogP contribution in [-0.2, 0) is 4.79 Å². The molecule has 0 spiro atoms. The van der Waals surface area contributed by atoms with Crippen LogP contribution in [0.5, 0.6) is 0 Å². The second kappa shape index (κ2) is 6.79. The van der Waals surface area contributed by atoms with Crippen LogP contribution in [0.25, 0.3) is 5.69 Å². The lowest BCUT2D eigenvalue weighted by atomic mass is 9.65. The molecule has 2 atom stereocenters. The van der Waals surface area contributed by atoms with Gasteiger partial charge in [0, 0.05) is 23.9 Å². The van der Waals surface area contributed by atoms with Crippen LogP contribution in [-0.4, -0.2) is 21.7 Å². The predicted octanol–water partition coefficient (Wildman–Crippen LogP) is 3.84. The second-order valence-electron chi connectivity index (χ2n) is 8.66. The first-order chi connectivity index (χ1) is 13.2. The van der Waals surface area contributed by atoms with Gasteiger partial charge in [0.15, 0.2) is 0 Å². The van der Waals surface area contributed by atoms with Crippen LogP contribution >= 0.6 is 0 Å². The molecule has 1 aromatic heterocycles. The fraction of sp³-hybridized carbons (Fsp3) is 0.545. The van der Waals surface area contributed by atoms with Crippen LogP contribution in [0, 0.1) is 17.8 Å². The van der Waals surface area contributed by atoms with Gasteiger partial charge < -0.3 is 11.1 Å². The van der Waals surface area contributed by atoms with Crippen LogP contribution in [0.4, 0.5) is 5.82 Å². The molecule has 1 amide bonds. The molecule has 3 aliphatic rings. The average molecular weight is 364 g/mol. The monoisotopic (exact) mass is 364 g/mol. The van der Waals surface area contributed by atoms with Crippen LogP contribution in [0.2, 0.25) is 0 Å². The summed E-state index contributed by atoms with van der Waals surface area (Å²) in [4.78, 5) is 13.1. The molecule has 5 heteroatoms. The fourth-order valence-corrected chi connectivity index (χ4v) is 5.06. The van der Waals surface area contributed by atoms with Gasteiger partial charge in [-0.05, 0) is 62.5 Å². The summed E-state index contributed by atoms with van der Waals surface area (Å²) in [5.41, 5.74) is 8.48. The first-order valence-electron chi connectivity index (χ1n) is 10.4.